The van der Waals surface area contributed by atoms with Gasteiger partial charge in [0.25, 0.3) is 0 Å². The minimum absolute atomic E-state index is 0.264. The number of nitriles is 1. The third kappa shape index (κ3) is 4.32. The minimum atomic E-state index is -0.896. The molecule has 1 atom stereocenters. The molecule has 5 nitrogen and oxygen atoms in total. The molecule has 0 fully saturated rings. The summed E-state index contributed by atoms with van der Waals surface area (Å²) in [5.41, 5.74) is 3.30. The number of nitrogens with zero attached hydrogens (tertiary/aromatic N) is 2. The van der Waals surface area contributed by atoms with Crippen molar-refractivity contribution in [1.82, 2.24) is 10.5 Å². The Hall–Kier alpha value is -3.75. The smallest absolute Gasteiger partial charge is 0.243 e. The SMILES string of the molecule is N#CC(CCCCCC(=O)NO)(c1ccc2ccccc2c1)c1ccc2ccccc2n1. The van der Waals surface area contributed by atoms with E-state index in [1.54, 1.807) is 5.48 Å². The summed E-state index contributed by atoms with van der Waals surface area (Å²) in [4.78, 5) is 16.2. The molecule has 5 heteroatoms. The van der Waals surface area contributed by atoms with E-state index in [0.717, 1.165) is 45.8 Å². The van der Waals surface area contributed by atoms with E-state index in [1.807, 2.05) is 54.6 Å². The zero-order valence-electron chi connectivity index (χ0n) is 17.8. The first kappa shape index (κ1) is 21.5. The second-order valence-corrected chi connectivity index (χ2v) is 8.06. The minimum Gasteiger partial charge on any atom is -0.289 e. The zero-order chi connectivity index (χ0) is 22.4. The normalized spacial score (nSPS) is 12.9. The molecule has 0 aliphatic carbocycles. The van der Waals surface area contributed by atoms with E-state index >= 15 is 0 Å². The summed E-state index contributed by atoms with van der Waals surface area (Å²) in [6.45, 7) is 0. The van der Waals surface area contributed by atoms with Gasteiger partial charge in [0, 0.05) is 11.8 Å². The monoisotopic (exact) mass is 423 g/mol. The maximum Gasteiger partial charge on any atom is 0.243 e. The Morgan fingerprint density at radius 1 is 0.906 bits per heavy atom. The first-order chi connectivity index (χ1) is 15.7. The van der Waals surface area contributed by atoms with Crippen LogP contribution in [0.2, 0.25) is 0 Å². The summed E-state index contributed by atoms with van der Waals surface area (Å²) in [6, 6.07) is 28.8. The number of hydrogen-bond donors (Lipinski definition) is 2. The number of benzene rings is 3. The van der Waals surface area contributed by atoms with Crippen molar-refractivity contribution in [3.8, 4) is 6.07 Å². The van der Waals surface area contributed by atoms with Gasteiger partial charge in [-0.05, 0) is 47.4 Å². The molecule has 160 valence electrons. The Kier molecular flexibility index (Phi) is 6.44. The van der Waals surface area contributed by atoms with Crippen molar-refractivity contribution >= 4 is 27.6 Å². The van der Waals surface area contributed by atoms with Gasteiger partial charge in [0.05, 0.1) is 17.3 Å². The lowest BCUT2D eigenvalue weighted by Crippen LogP contribution is -2.27. The number of fused-ring (bicyclic) bond motifs is 2. The molecule has 1 unspecified atom stereocenters. The van der Waals surface area contributed by atoms with Gasteiger partial charge in [-0.3, -0.25) is 15.0 Å². The first-order valence-corrected chi connectivity index (χ1v) is 10.9. The van der Waals surface area contributed by atoms with Crippen LogP contribution in [-0.2, 0) is 10.2 Å². The number of hydrogen-bond acceptors (Lipinski definition) is 4. The average Bonchev–Trinajstić information content (AvgIpc) is 2.85. The molecule has 0 spiro atoms. The van der Waals surface area contributed by atoms with Gasteiger partial charge in [0.15, 0.2) is 0 Å². The molecule has 1 heterocycles. The fourth-order valence-electron chi connectivity index (χ4n) is 4.26. The van der Waals surface area contributed by atoms with Gasteiger partial charge in [-0.15, -0.1) is 0 Å². The van der Waals surface area contributed by atoms with E-state index in [2.05, 4.69) is 30.3 Å². The number of nitrogens with one attached hydrogen (secondary N) is 1. The summed E-state index contributed by atoms with van der Waals surface area (Å²) in [5, 5.41) is 22.5. The molecule has 2 N–H and O–H groups in total. The van der Waals surface area contributed by atoms with Gasteiger partial charge in [0.1, 0.15) is 5.41 Å². The van der Waals surface area contributed by atoms with E-state index in [1.165, 1.54) is 0 Å². The number of amides is 1. The highest BCUT2D eigenvalue weighted by molar-refractivity contribution is 5.84. The number of aromatic nitrogens is 1. The number of rotatable bonds is 8. The molecule has 3 aromatic carbocycles. The maximum atomic E-state index is 11.3. The van der Waals surface area contributed by atoms with Gasteiger partial charge in [-0.25, -0.2) is 5.48 Å². The molecular weight excluding hydrogens is 398 g/mol. The molecule has 0 bridgehead atoms. The van der Waals surface area contributed by atoms with Gasteiger partial charge in [0.2, 0.25) is 5.91 Å². The van der Waals surface area contributed by atoms with E-state index < -0.39 is 5.41 Å². The second-order valence-electron chi connectivity index (χ2n) is 8.06. The molecule has 4 rings (SSSR count). The van der Waals surface area contributed by atoms with E-state index in [4.69, 9.17) is 10.2 Å². The van der Waals surface area contributed by atoms with Crippen LogP contribution in [0, 0.1) is 11.3 Å². The average molecular weight is 424 g/mol. The second kappa shape index (κ2) is 9.59. The van der Waals surface area contributed by atoms with Gasteiger partial charge < -0.3 is 0 Å². The lowest BCUT2D eigenvalue weighted by molar-refractivity contribution is -0.129. The number of pyridine rings is 1. The van der Waals surface area contributed by atoms with Crippen molar-refractivity contribution in [2.75, 3.05) is 0 Å². The van der Waals surface area contributed by atoms with Crippen LogP contribution in [0.5, 0.6) is 0 Å². The largest absolute Gasteiger partial charge is 0.289 e. The van der Waals surface area contributed by atoms with E-state index in [-0.39, 0.29) is 12.3 Å². The molecular formula is C27H25N3O2. The first-order valence-electron chi connectivity index (χ1n) is 10.9. The maximum absolute atomic E-state index is 11.3. The number of para-hydroxylation sites is 1. The molecule has 1 aromatic heterocycles. The molecule has 0 saturated heterocycles. The van der Waals surface area contributed by atoms with Crippen LogP contribution in [0.25, 0.3) is 21.7 Å². The summed E-state index contributed by atoms with van der Waals surface area (Å²) in [5.74, 6) is -0.387. The fraction of sp³-hybridized carbons (Fsp3) is 0.222. The van der Waals surface area contributed by atoms with Crippen molar-refractivity contribution in [3.63, 3.8) is 0 Å². The Labute approximate surface area is 187 Å². The number of hydroxylamine groups is 1. The standard InChI is InChI=1S/C27H25N3O2/c28-19-27(17-7-1-2-12-26(31)30-32,23-15-13-20-8-3-4-10-22(20)18-23)25-16-14-21-9-5-6-11-24(21)29-25/h3-6,8-11,13-16,18,32H,1-2,7,12,17H2,(H,30,31). The lowest BCUT2D eigenvalue weighted by atomic mass is 9.74. The third-order valence-corrected chi connectivity index (χ3v) is 6.05. The number of unbranched alkanes of at least 4 members (excludes halogenated alkanes) is 2. The third-order valence-electron chi connectivity index (χ3n) is 6.05. The van der Waals surface area contributed by atoms with Crippen LogP contribution in [0.3, 0.4) is 0 Å². The lowest BCUT2D eigenvalue weighted by Gasteiger charge is -2.27. The molecule has 0 aliphatic heterocycles. The van der Waals surface area contributed by atoms with Crippen molar-refractivity contribution in [2.45, 2.75) is 37.5 Å². The Balaban J connectivity index is 1.73. The number of carbonyl (C=O) groups is 1. The Morgan fingerprint density at radius 2 is 1.62 bits per heavy atom. The summed E-state index contributed by atoms with van der Waals surface area (Å²) < 4.78 is 0. The summed E-state index contributed by atoms with van der Waals surface area (Å²) in [6.07, 6.45) is 3.04. The molecule has 0 saturated carbocycles. The molecule has 4 aromatic rings. The van der Waals surface area contributed by atoms with Crippen molar-refractivity contribution < 1.29 is 10.0 Å². The van der Waals surface area contributed by atoms with E-state index in [0.29, 0.717) is 12.8 Å². The highest BCUT2D eigenvalue weighted by atomic mass is 16.5. The van der Waals surface area contributed by atoms with Crippen LogP contribution >= 0.6 is 0 Å². The summed E-state index contributed by atoms with van der Waals surface area (Å²) in [7, 11) is 0. The van der Waals surface area contributed by atoms with Crippen LogP contribution < -0.4 is 5.48 Å². The Morgan fingerprint density at radius 3 is 2.41 bits per heavy atom. The molecule has 0 radical (unpaired) electrons. The highest BCUT2D eigenvalue weighted by Crippen LogP contribution is 2.38. The van der Waals surface area contributed by atoms with Crippen LogP contribution in [0.15, 0.2) is 78.9 Å². The van der Waals surface area contributed by atoms with Crippen LogP contribution in [-0.4, -0.2) is 16.1 Å². The summed E-state index contributed by atoms with van der Waals surface area (Å²) >= 11 is 0. The van der Waals surface area contributed by atoms with Crippen LogP contribution in [0.1, 0.15) is 43.4 Å². The molecule has 1 amide bonds. The zero-order valence-corrected chi connectivity index (χ0v) is 17.8. The topological polar surface area (TPSA) is 86.0 Å². The van der Waals surface area contributed by atoms with Crippen molar-refractivity contribution in [1.29, 1.82) is 5.26 Å². The fourth-order valence-corrected chi connectivity index (χ4v) is 4.26. The van der Waals surface area contributed by atoms with Gasteiger partial charge >= 0.3 is 0 Å². The van der Waals surface area contributed by atoms with Gasteiger partial charge in [-0.2, -0.15) is 5.26 Å². The van der Waals surface area contributed by atoms with E-state index in [9.17, 15) is 10.1 Å². The van der Waals surface area contributed by atoms with Crippen molar-refractivity contribution in [3.05, 3.63) is 90.1 Å². The predicted octanol–water partition coefficient (Wildman–Crippen LogP) is 5.65. The predicted molar refractivity (Wildman–Crippen MR) is 125 cm³/mol. The molecule has 32 heavy (non-hydrogen) atoms. The van der Waals surface area contributed by atoms with Crippen molar-refractivity contribution in [2.24, 2.45) is 0 Å². The van der Waals surface area contributed by atoms with Gasteiger partial charge in [-0.1, -0.05) is 73.5 Å². The highest BCUT2D eigenvalue weighted by Gasteiger charge is 2.36. The quantitative estimate of drug-likeness (QED) is 0.218. The number of carbonyl (C=O) groups excluding carboxylic acids is 1. The van der Waals surface area contributed by atoms with Crippen LogP contribution in [0.4, 0.5) is 0 Å². The Bertz CT molecular complexity index is 1210. The molecule has 0 aliphatic rings.